The Balaban J connectivity index is 1.31. The van der Waals surface area contributed by atoms with Gasteiger partial charge in [-0.05, 0) is 31.4 Å². The standard InChI is InChI=1S/C20H26N4O3/c25-19(15-23-11-13-26-14-12-23)24-10-4-7-17(24)8-9-18-21-20(27-22-18)16-5-2-1-3-6-16/h1-3,5-6,17H,4,7-15H2. The van der Waals surface area contributed by atoms with Gasteiger partial charge in [-0.3, -0.25) is 9.69 Å². The number of carbonyl (C=O) groups is 1. The molecular weight excluding hydrogens is 344 g/mol. The van der Waals surface area contributed by atoms with E-state index in [0.717, 1.165) is 64.1 Å². The summed E-state index contributed by atoms with van der Waals surface area (Å²) >= 11 is 0. The fourth-order valence-electron chi connectivity index (χ4n) is 3.85. The van der Waals surface area contributed by atoms with E-state index in [4.69, 9.17) is 9.26 Å². The molecule has 0 N–H and O–H groups in total. The molecule has 2 fully saturated rings. The third kappa shape index (κ3) is 4.54. The van der Waals surface area contributed by atoms with Crippen LogP contribution in [-0.4, -0.2) is 71.3 Å². The van der Waals surface area contributed by atoms with Gasteiger partial charge in [0.25, 0.3) is 5.89 Å². The van der Waals surface area contributed by atoms with Crippen molar-refractivity contribution in [2.24, 2.45) is 0 Å². The molecule has 0 bridgehead atoms. The number of hydrogen-bond acceptors (Lipinski definition) is 6. The predicted octanol–water partition coefficient (Wildman–Crippen LogP) is 1.99. The number of ether oxygens (including phenoxy) is 1. The van der Waals surface area contributed by atoms with Gasteiger partial charge in [0, 0.05) is 37.7 Å². The summed E-state index contributed by atoms with van der Waals surface area (Å²) in [5, 5.41) is 4.11. The smallest absolute Gasteiger partial charge is 0.257 e. The first-order valence-corrected chi connectivity index (χ1v) is 9.77. The molecule has 0 saturated carbocycles. The van der Waals surface area contributed by atoms with Crippen molar-refractivity contribution in [3.05, 3.63) is 36.2 Å². The predicted molar refractivity (Wildman–Crippen MR) is 100 cm³/mol. The number of morpholine rings is 1. The van der Waals surface area contributed by atoms with Crippen LogP contribution in [0, 0.1) is 0 Å². The van der Waals surface area contributed by atoms with Crippen LogP contribution < -0.4 is 0 Å². The molecule has 2 aromatic rings. The minimum absolute atomic E-state index is 0.234. The van der Waals surface area contributed by atoms with Gasteiger partial charge in [0.15, 0.2) is 5.82 Å². The Morgan fingerprint density at radius 1 is 1.15 bits per heavy atom. The van der Waals surface area contributed by atoms with Gasteiger partial charge in [0.2, 0.25) is 5.91 Å². The van der Waals surface area contributed by atoms with E-state index in [2.05, 4.69) is 15.0 Å². The number of benzene rings is 1. The first kappa shape index (κ1) is 18.1. The van der Waals surface area contributed by atoms with E-state index in [1.807, 2.05) is 35.2 Å². The van der Waals surface area contributed by atoms with E-state index < -0.39 is 0 Å². The van der Waals surface area contributed by atoms with E-state index in [9.17, 15) is 4.79 Å². The maximum Gasteiger partial charge on any atom is 0.257 e. The monoisotopic (exact) mass is 370 g/mol. The zero-order chi connectivity index (χ0) is 18.5. The van der Waals surface area contributed by atoms with Crippen molar-refractivity contribution in [3.63, 3.8) is 0 Å². The van der Waals surface area contributed by atoms with Crippen LogP contribution in [0.25, 0.3) is 11.5 Å². The maximum atomic E-state index is 12.7. The highest BCUT2D eigenvalue weighted by Gasteiger charge is 2.30. The lowest BCUT2D eigenvalue weighted by Gasteiger charge is -2.30. The average molecular weight is 370 g/mol. The van der Waals surface area contributed by atoms with Crippen LogP contribution in [0.5, 0.6) is 0 Å². The average Bonchev–Trinajstić information content (AvgIpc) is 3.37. The summed E-state index contributed by atoms with van der Waals surface area (Å²) in [6.07, 6.45) is 3.73. The maximum absolute atomic E-state index is 12.7. The number of carbonyl (C=O) groups excluding carboxylic acids is 1. The Bertz CT molecular complexity index is 743. The first-order chi connectivity index (χ1) is 13.3. The highest BCUT2D eigenvalue weighted by atomic mass is 16.5. The molecule has 7 nitrogen and oxygen atoms in total. The molecule has 0 radical (unpaired) electrons. The molecule has 144 valence electrons. The summed E-state index contributed by atoms with van der Waals surface area (Å²) in [6.45, 7) is 4.48. The highest BCUT2D eigenvalue weighted by molar-refractivity contribution is 5.79. The Labute approximate surface area is 159 Å². The lowest BCUT2D eigenvalue weighted by molar-refractivity contribution is -0.134. The molecule has 0 spiro atoms. The highest BCUT2D eigenvalue weighted by Crippen LogP contribution is 2.23. The SMILES string of the molecule is O=C(CN1CCOCC1)N1CCCC1CCc1noc(-c2ccccc2)n1. The number of likely N-dealkylation sites (tertiary alicyclic amines) is 1. The van der Waals surface area contributed by atoms with Crippen molar-refractivity contribution < 1.29 is 14.1 Å². The van der Waals surface area contributed by atoms with Gasteiger partial charge in [-0.25, -0.2) is 0 Å². The number of amides is 1. The molecule has 7 heteroatoms. The van der Waals surface area contributed by atoms with Gasteiger partial charge in [0.05, 0.1) is 19.8 Å². The molecule has 1 atom stereocenters. The fourth-order valence-corrected chi connectivity index (χ4v) is 3.85. The number of rotatable bonds is 6. The third-order valence-corrected chi connectivity index (χ3v) is 5.35. The minimum atomic E-state index is 0.234. The molecule has 1 amide bonds. The molecule has 4 rings (SSSR count). The number of hydrogen-bond donors (Lipinski definition) is 0. The van der Waals surface area contributed by atoms with Crippen molar-refractivity contribution in [2.45, 2.75) is 31.7 Å². The van der Waals surface area contributed by atoms with E-state index >= 15 is 0 Å². The zero-order valence-electron chi connectivity index (χ0n) is 15.5. The molecule has 1 aromatic carbocycles. The number of aromatic nitrogens is 2. The van der Waals surface area contributed by atoms with Crippen molar-refractivity contribution in [1.82, 2.24) is 19.9 Å². The number of aryl methyl sites for hydroxylation is 1. The summed E-state index contributed by atoms with van der Waals surface area (Å²) in [7, 11) is 0. The topological polar surface area (TPSA) is 71.7 Å². The van der Waals surface area contributed by atoms with Crippen LogP contribution in [-0.2, 0) is 16.0 Å². The summed E-state index contributed by atoms with van der Waals surface area (Å²) in [5.74, 6) is 1.50. The van der Waals surface area contributed by atoms with Crippen LogP contribution in [0.2, 0.25) is 0 Å². The van der Waals surface area contributed by atoms with Crippen LogP contribution in [0.1, 0.15) is 25.1 Å². The molecule has 2 aliphatic rings. The fraction of sp³-hybridized carbons (Fsp3) is 0.550. The van der Waals surface area contributed by atoms with Gasteiger partial charge < -0.3 is 14.2 Å². The Hall–Kier alpha value is -2.25. The first-order valence-electron chi connectivity index (χ1n) is 9.77. The van der Waals surface area contributed by atoms with Gasteiger partial charge in [-0.15, -0.1) is 0 Å². The summed E-state index contributed by atoms with van der Waals surface area (Å²) in [6, 6.07) is 10.1. The van der Waals surface area contributed by atoms with Crippen molar-refractivity contribution in [1.29, 1.82) is 0 Å². The number of nitrogens with zero attached hydrogens (tertiary/aromatic N) is 4. The second-order valence-corrected chi connectivity index (χ2v) is 7.19. The van der Waals surface area contributed by atoms with Gasteiger partial charge in [-0.1, -0.05) is 23.4 Å². The van der Waals surface area contributed by atoms with Gasteiger partial charge >= 0.3 is 0 Å². The lowest BCUT2D eigenvalue weighted by atomic mass is 10.1. The summed E-state index contributed by atoms with van der Waals surface area (Å²) in [5.41, 5.74) is 0.930. The van der Waals surface area contributed by atoms with Crippen molar-refractivity contribution in [3.8, 4) is 11.5 Å². The minimum Gasteiger partial charge on any atom is -0.379 e. The second kappa shape index (κ2) is 8.63. The van der Waals surface area contributed by atoms with Crippen LogP contribution in [0.15, 0.2) is 34.9 Å². The molecule has 3 heterocycles. The second-order valence-electron chi connectivity index (χ2n) is 7.19. The molecule has 2 aliphatic heterocycles. The largest absolute Gasteiger partial charge is 0.379 e. The van der Waals surface area contributed by atoms with Crippen LogP contribution >= 0.6 is 0 Å². The summed E-state index contributed by atoms with van der Waals surface area (Å²) in [4.78, 5) is 21.5. The molecule has 0 aliphatic carbocycles. The van der Waals surface area contributed by atoms with Gasteiger partial charge in [0.1, 0.15) is 0 Å². The molecule has 1 aromatic heterocycles. The van der Waals surface area contributed by atoms with Crippen molar-refractivity contribution >= 4 is 5.91 Å². The lowest BCUT2D eigenvalue weighted by Crippen LogP contribution is -2.46. The Morgan fingerprint density at radius 2 is 1.96 bits per heavy atom. The molecular formula is C20H26N4O3. The van der Waals surface area contributed by atoms with Gasteiger partial charge in [-0.2, -0.15) is 4.98 Å². The summed E-state index contributed by atoms with van der Waals surface area (Å²) < 4.78 is 10.7. The quantitative estimate of drug-likeness (QED) is 0.774. The van der Waals surface area contributed by atoms with E-state index in [0.29, 0.717) is 18.3 Å². The van der Waals surface area contributed by atoms with Crippen LogP contribution in [0.4, 0.5) is 0 Å². The molecule has 2 saturated heterocycles. The molecule has 1 unspecified atom stereocenters. The van der Waals surface area contributed by atoms with E-state index in [1.165, 1.54) is 0 Å². The molecule has 27 heavy (non-hydrogen) atoms. The van der Waals surface area contributed by atoms with Crippen LogP contribution in [0.3, 0.4) is 0 Å². The van der Waals surface area contributed by atoms with E-state index in [-0.39, 0.29) is 11.9 Å². The van der Waals surface area contributed by atoms with Crippen molar-refractivity contribution in [2.75, 3.05) is 39.4 Å². The third-order valence-electron chi connectivity index (χ3n) is 5.35. The zero-order valence-corrected chi connectivity index (χ0v) is 15.5. The normalized spacial score (nSPS) is 20.9. The Morgan fingerprint density at radius 3 is 2.78 bits per heavy atom. The van der Waals surface area contributed by atoms with E-state index in [1.54, 1.807) is 0 Å². The Kier molecular flexibility index (Phi) is 5.79.